The monoisotopic (exact) mass is 185 g/mol. The maximum atomic E-state index is 11.0. The number of hydrogen-bond acceptors (Lipinski definition) is 1. The van der Waals surface area contributed by atoms with E-state index in [4.69, 9.17) is 0 Å². The predicted octanol–water partition coefficient (Wildman–Crippen LogP) is 2.63. The molecule has 0 fully saturated rings. The highest BCUT2D eigenvalue weighted by Gasteiger charge is 2.10. The second-order valence-corrected chi connectivity index (χ2v) is 3.20. The van der Waals surface area contributed by atoms with E-state index in [1.165, 1.54) is 0 Å². The van der Waals surface area contributed by atoms with Crippen molar-refractivity contribution in [3.63, 3.8) is 0 Å². The molecule has 0 bridgehead atoms. The van der Waals surface area contributed by atoms with Gasteiger partial charge >= 0.3 is 0 Å². The van der Waals surface area contributed by atoms with E-state index in [-0.39, 0.29) is 0 Å². The van der Waals surface area contributed by atoms with Gasteiger partial charge in [0.1, 0.15) is 0 Å². The van der Waals surface area contributed by atoms with Crippen LogP contribution in [-0.2, 0) is 7.05 Å². The van der Waals surface area contributed by atoms with E-state index in [2.05, 4.69) is 6.58 Å². The van der Waals surface area contributed by atoms with Crippen LogP contribution in [0.15, 0.2) is 30.8 Å². The van der Waals surface area contributed by atoms with Crippen LogP contribution in [0.3, 0.4) is 0 Å². The van der Waals surface area contributed by atoms with Crippen molar-refractivity contribution >= 4 is 23.3 Å². The molecule has 0 amide bonds. The van der Waals surface area contributed by atoms with E-state index >= 15 is 0 Å². The molecule has 0 spiro atoms. The Morgan fingerprint density at radius 2 is 2.07 bits per heavy atom. The molecule has 1 aromatic heterocycles. The van der Waals surface area contributed by atoms with Crippen LogP contribution < -0.4 is 0 Å². The summed E-state index contributed by atoms with van der Waals surface area (Å²) in [6, 6.07) is 7.84. The molecule has 2 rings (SSSR count). The second kappa shape index (κ2) is 3.14. The molecule has 0 atom stereocenters. The SMILES string of the molecule is C=Cc1c(C=O)c2ccccc2n1C. The Morgan fingerprint density at radius 3 is 2.71 bits per heavy atom. The smallest absolute Gasteiger partial charge is 0.152 e. The molecule has 70 valence electrons. The second-order valence-electron chi connectivity index (χ2n) is 3.20. The fraction of sp³-hybridized carbons (Fsp3) is 0.0833. The van der Waals surface area contributed by atoms with E-state index in [0.29, 0.717) is 0 Å². The highest BCUT2D eigenvalue weighted by molar-refractivity contribution is 6.01. The third-order valence-electron chi connectivity index (χ3n) is 2.50. The molecule has 0 aliphatic rings. The number of carbonyl (C=O) groups excluding carboxylic acids is 1. The molecule has 0 aliphatic carbocycles. The zero-order valence-electron chi connectivity index (χ0n) is 8.03. The van der Waals surface area contributed by atoms with Crippen LogP contribution in [0.25, 0.3) is 17.0 Å². The molecule has 1 heterocycles. The van der Waals surface area contributed by atoms with Crippen LogP contribution in [0.1, 0.15) is 16.1 Å². The van der Waals surface area contributed by atoms with Crippen molar-refractivity contribution in [3.8, 4) is 0 Å². The van der Waals surface area contributed by atoms with Crippen LogP contribution in [-0.4, -0.2) is 10.9 Å². The first-order valence-electron chi connectivity index (χ1n) is 4.44. The van der Waals surface area contributed by atoms with E-state index in [1.807, 2.05) is 35.9 Å². The summed E-state index contributed by atoms with van der Waals surface area (Å²) in [6.07, 6.45) is 2.60. The summed E-state index contributed by atoms with van der Waals surface area (Å²) in [4.78, 5) is 11.0. The number of aryl methyl sites for hydroxylation is 1. The van der Waals surface area contributed by atoms with Gasteiger partial charge in [0.15, 0.2) is 6.29 Å². The summed E-state index contributed by atoms with van der Waals surface area (Å²) in [7, 11) is 1.94. The lowest BCUT2D eigenvalue weighted by Gasteiger charge is -1.97. The third-order valence-corrected chi connectivity index (χ3v) is 2.50. The van der Waals surface area contributed by atoms with E-state index in [1.54, 1.807) is 6.08 Å². The Bertz CT molecular complexity index is 508. The number of fused-ring (bicyclic) bond motifs is 1. The van der Waals surface area contributed by atoms with Gasteiger partial charge < -0.3 is 4.57 Å². The van der Waals surface area contributed by atoms with E-state index < -0.39 is 0 Å². The minimum atomic E-state index is 0.720. The molecular formula is C12H11NO. The largest absolute Gasteiger partial charge is 0.344 e. The summed E-state index contributed by atoms with van der Waals surface area (Å²) >= 11 is 0. The van der Waals surface area contributed by atoms with E-state index in [0.717, 1.165) is 28.4 Å². The highest BCUT2D eigenvalue weighted by atomic mass is 16.1. The molecule has 0 radical (unpaired) electrons. The minimum Gasteiger partial charge on any atom is -0.344 e. The Kier molecular flexibility index (Phi) is 1.97. The molecule has 1 aromatic carbocycles. The van der Waals surface area contributed by atoms with E-state index in [9.17, 15) is 4.79 Å². The molecule has 2 nitrogen and oxygen atoms in total. The third kappa shape index (κ3) is 1.01. The quantitative estimate of drug-likeness (QED) is 0.659. The number of carbonyl (C=O) groups is 1. The Labute approximate surface area is 82.5 Å². The number of hydrogen-bond donors (Lipinski definition) is 0. The van der Waals surface area contributed by atoms with Crippen LogP contribution in [0, 0.1) is 0 Å². The molecule has 0 aliphatic heterocycles. The Hall–Kier alpha value is -1.83. The number of rotatable bonds is 2. The first kappa shape index (κ1) is 8.75. The van der Waals surface area contributed by atoms with Crippen molar-refractivity contribution in [2.45, 2.75) is 0 Å². The van der Waals surface area contributed by atoms with Crippen molar-refractivity contribution in [1.29, 1.82) is 0 Å². The van der Waals surface area contributed by atoms with Crippen molar-refractivity contribution in [2.75, 3.05) is 0 Å². The van der Waals surface area contributed by atoms with Crippen LogP contribution in [0.4, 0.5) is 0 Å². The Balaban J connectivity index is 2.98. The van der Waals surface area contributed by atoms with Crippen LogP contribution >= 0.6 is 0 Å². The van der Waals surface area contributed by atoms with Gasteiger partial charge in [0, 0.05) is 23.5 Å². The molecule has 0 N–H and O–H groups in total. The minimum absolute atomic E-state index is 0.720. The maximum absolute atomic E-state index is 11.0. The summed E-state index contributed by atoms with van der Waals surface area (Å²) in [5.74, 6) is 0. The lowest BCUT2D eigenvalue weighted by Crippen LogP contribution is -1.91. The lowest BCUT2D eigenvalue weighted by molar-refractivity contribution is 0.112. The van der Waals surface area contributed by atoms with Gasteiger partial charge in [0.2, 0.25) is 0 Å². The molecular weight excluding hydrogens is 174 g/mol. The topological polar surface area (TPSA) is 22.0 Å². The number of para-hydroxylation sites is 1. The molecule has 0 unspecified atom stereocenters. The average Bonchev–Trinajstić information content (AvgIpc) is 2.51. The fourth-order valence-corrected chi connectivity index (χ4v) is 1.81. The molecule has 0 saturated heterocycles. The van der Waals surface area contributed by atoms with Crippen molar-refractivity contribution in [1.82, 2.24) is 4.57 Å². The van der Waals surface area contributed by atoms with Crippen LogP contribution in [0.5, 0.6) is 0 Å². The summed E-state index contributed by atoms with van der Waals surface area (Å²) in [6.45, 7) is 3.72. The fourth-order valence-electron chi connectivity index (χ4n) is 1.81. The van der Waals surface area contributed by atoms with Gasteiger partial charge in [-0.15, -0.1) is 0 Å². The number of nitrogens with zero attached hydrogens (tertiary/aromatic N) is 1. The summed E-state index contributed by atoms with van der Waals surface area (Å²) in [5, 5.41) is 0.986. The van der Waals surface area contributed by atoms with Gasteiger partial charge in [-0.2, -0.15) is 0 Å². The zero-order chi connectivity index (χ0) is 10.1. The zero-order valence-corrected chi connectivity index (χ0v) is 8.03. The summed E-state index contributed by atoms with van der Waals surface area (Å²) < 4.78 is 1.98. The highest BCUT2D eigenvalue weighted by Crippen LogP contribution is 2.24. The first-order valence-corrected chi connectivity index (χ1v) is 4.44. The normalized spacial score (nSPS) is 10.4. The first-order chi connectivity index (χ1) is 6.79. The Morgan fingerprint density at radius 1 is 1.36 bits per heavy atom. The van der Waals surface area contributed by atoms with Crippen molar-refractivity contribution in [3.05, 3.63) is 42.1 Å². The van der Waals surface area contributed by atoms with Gasteiger partial charge in [0.25, 0.3) is 0 Å². The van der Waals surface area contributed by atoms with Crippen LogP contribution in [0.2, 0.25) is 0 Å². The molecule has 2 heteroatoms. The van der Waals surface area contributed by atoms with Gasteiger partial charge in [-0.1, -0.05) is 24.8 Å². The lowest BCUT2D eigenvalue weighted by atomic mass is 10.1. The van der Waals surface area contributed by atoms with Crippen molar-refractivity contribution < 1.29 is 4.79 Å². The molecule has 0 saturated carbocycles. The van der Waals surface area contributed by atoms with Crippen molar-refractivity contribution in [2.24, 2.45) is 7.05 Å². The number of benzene rings is 1. The molecule has 14 heavy (non-hydrogen) atoms. The maximum Gasteiger partial charge on any atom is 0.152 e. The number of aromatic nitrogens is 1. The predicted molar refractivity (Wildman–Crippen MR) is 58.4 cm³/mol. The standard InChI is InChI=1S/C12H11NO/c1-3-11-10(8-14)9-6-4-5-7-12(9)13(11)2/h3-8H,1H2,2H3. The number of aldehydes is 1. The molecule has 2 aromatic rings. The van der Waals surface area contributed by atoms with Gasteiger partial charge in [-0.3, -0.25) is 4.79 Å². The summed E-state index contributed by atoms with van der Waals surface area (Å²) in [5.41, 5.74) is 2.66. The average molecular weight is 185 g/mol. The van der Waals surface area contributed by atoms with Gasteiger partial charge in [-0.05, 0) is 12.1 Å². The van der Waals surface area contributed by atoms with Gasteiger partial charge in [-0.25, -0.2) is 0 Å². The van der Waals surface area contributed by atoms with Gasteiger partial charge in [0.05, 0.1) is 5.69 Å².